The second-order valence-corrected chi connectivity index (χ2v) is 7.09. The van der Waals surface area contributed by atoms with E-state index in [-0.39, 0.29) is 5.69 Å². The van der Waals surface area contributed by atoms with Crippen LogP contribution in [0.4, 0.5) is 0 Å². The topological polar surface area (TPSA) is 67.4 Å². The van der Waals surface area contributed by atoms with Gasteiger partial charge in [-0.25, -0.2) is 15.0 Å². The summed E-state index contributed by atoms with van der Waals surface area (Å²) in [7, 11) is 0. The third-order valence-electron chi connectivity index (χ3n) is 4.37. The van der Waals surface area contributed by atoms with Gasteiger partial charge >= 0.3 is 0 Å². The van der Waals surface area contributed by atoms with Gasteiger partial charge in [0.05, 0.1) is 0 Å². The maximum atomic E-state index is 9.63. The number of hydrogen-bond donors (Lipinski definition) is 0. The van der Waals surface area contributed by atoms with E-state index in [1.54, 1.807) is 0 Å². The number of nitriles is 1. The summed E-state index contributed by atoms with van der Waals surface area (Å²) >= 11 is 1.52. The second kappa shape index (κ2) is 6.86. The Kier molecular flexibility index (Phi) is 4.38. The minimum atomic E-state index is 0.289. The van der Waals surface area contributed by atoms with Crippen molar-refractivity contribution in [3.8, 4) is 23.1 Å². The second-order valence-electron chi connectivity index (χ2n) is 6.32. The molecular weight excluding hydrogens is 354 g/mol. The zero-order chi connectivity index (χ0) is 19.0. The van der Waals surface area contributed by atoms with Gasteiger partial charge in [-0.2, -0.15) is 5.26 Å². The van der Waals surface area contributed by atoms with E-state index in [1.165, 1.54) is 17.3 Å². The van der Waals surface area contributed by atoms with Gasteiger partial charge in [0.25, 0.3) is 0 Å². The Morgan fingerprint density at radius 1 is 0.889 bits per heavy atom. The van der Waals surface area contributed by atoms with Crippen LogP contribution in [0, 0.1) is 25.2 Å². The molecule has 0 bridgehead atoms. The van der Waals surface area contributed by atoms with E-state index in [0.29, 0.717) is 17.0 Å². The Morgan fingerprint density at radius 2 is 1.52 bits per heavy atom. The Balaban J connectivity index is 2.02. The molecule has 0 saturated carbocycles. The Hall–Kier alpha value is -3.17. The lowest BCUT2D eigenvalue weighted by Gasteiger charge is -2.08. The van der Waals surface area contributed by atoms with Crippen molar-refractivity contribution in [2.45, 2.75) is 19.0 Å². The Bertz CT molecular complexity index is 1170. The van der Waals surface area contributed by atoms with Gasteiger partial charge in [-0.3, -0.25) is 4.57 Å². The van der Waals surface area contributed by atoms with Crippen LogP contribution in [0.15, 0.2) is 53.7 Å². The standard InChI is InChI=1S/C21H17N5S/c1-13-4-8-15(9-5-13)19-23-17(12-22)18-20(25-19)26(21(24-18)27-3)16-10-6-14(2)7-11-16/h4-11H,1-3H3. The lowest BCUT2D eigenvalue weighted by molar-refractivity contribution is 0.911. The predicted octanol–water partition coefficient (Wildman–Crippen LogP) is 4.69. The molecule has 0 aliphatic heterocycles. The van der Waals surface area contributed by atoms with Crippen LogP contribution in [0.2, 0.25) is 0 Å². The monoisotopic (exact) mass is 371 g/mol. The van der Waals surface area contributed by atoms with Gasteiger partial charge < -0.3 is 0 Å². The van der Waals surface area contributed by atoms with E-state index < -0.39 is 0 Å². The fraction of sp³-hybridized carbons (Fsp3) is 0.143. The van der Waals surface area contributed by atoms with Gasteiger partial charge in [0.1, 0.15) is 11.6 Å². The van der Waals surface area contributed by atoms with E-state index in [2.05, 4.69) is 35.1 Å². The van der Waals surface area contributed by atoms with Crippen LogP contribution in [0.25, 0.3) is 28.2 Å². The van der Waals surface area contributed by atoms with E-state index in [4.69, 9.17) is 4.98 Å². The molecule has 5 nitrogen and oxygen atoms in total. The maximum Gasteiger partial charge on any atom is 0.174 e. The first-order chi connectivity index (χ1) is 13.1. The highest BCUT2D eigenvalue weighted by Crippen LogP contribution is 2.29. The number of hydrogen-bond acceptors (Lipinski definition) is 5. The zero-order valence-electron chi connectivity index (χ0n) is 15.3. The van der Waals surface area contributed by atoms with E-state index >= 15 is 0 Å². The first kappa shape index (κ1) is 17.3. The lowest BCUT2D eigenvalue weighted by Crippen LogP contribution is -2.00. The summed E-state index contributed by atoms with van der Waals surface area (Å²) in [4.78, 5) is 13.9. The SMILES string of the molecule is CSc1nc2c(C#N)nc(-c3ccc(C)cc3)nc2n1-c1ccc(C)cc1. The highest BCUT2D eigenvalue weighted by Gasteiger charge is 2.19. The summed E-state index contributed by atoms with van der Waals surface area (Å²) < 4.78 is 1.99. The average molecular weight is 371 g/mol. The van der Waals surface area contributed by atoms with Gasteiger partial charge in [0.15, 0.2) is 22.3 Å². The highest BCUT2D eigenvalue weighted by atomic mass is 32.2. The number of aromatic nitrogens is 4. The Morgan fingerprint density at radius 3 is 2.11 bits per heavy atom. The molecule has 2 aromatic heterocycles. The van der Waals surface area contributed by atoms with Crippen LogP contribution in [-0.2, 0) is 0 Å². The first-order valence-corrected chi connectivity index (χ1v) is 9.72. The van der Waals surface area contributed by atoms with Gasteiger partial charge in [-0.05, 0) is 32.2 Å². The van der Waals surface area contributed by atoms with Crippen molar-refractivity contribution in [2.75, 3.05) is 6.26 Å². The minimum Gasteiger partial charge on any atom is -0.272 e. The molecule has 0 aliphatic rings. The van der Waals surface area contributed by atoms with Crippen molar-refractivity contribution >= 4 is 22.9 Å². The molecule has 0 spiro atoms. The summed E-state index contributed by atoms with van der Waals surface area (Å²) in [6.07, 6.45) is 1.96. The zero-order valence-corrected chi connectivity index (χ0v) is 16.1. The van der Waals surface area contributed by atoms with Crippen molar-refractivity contribution in [3.05, 3.63) is 65.4 Å². The third-order valence-corrected chi connectivity index (χ3v) is 5.01. The molecule has 132 valence electrons. The molecule has 0 N–H and O–H groups in total. The van der Waals surface area contributed by atoms with Gasteiger partial charge in [0.2, 0.25) is 0 Å². The van der Waals surface area contributed by atoms with Gasteiger partial charge in [0, 0.05) is 11.3 Å². The van der Waals surface area contributed by atoms with Crippen LogP contribution in [-0.4, -0.2) is 25.8 Å². The normalized spacial score (nSPS) is 10.9. The molecule has 0 amide bonds. The van der Waals surface area contributed by atoms with Crippen LogP contribution in [0.1, 0.15) is 16.8 Å². The number of aryl methyl sites for hydroxylation is 2. The fourth-order valence-corrected chi connectivity index (χ4v) is 3.47. The summed E-state index contributed by atoms with van der Waals surface area (Å²) in [5.74, 6) is 0.528. The summed E-state index contributed by atoms with van der Waals surface area (Å²) in [6.45, 7) is 4.09. The van der Waals surface area contributed by atoms with Crippen molar-refractivity contribution in [1.29, 1.82) is 5.26 Å². The number of fused-ring (bicyclic) bond motifs is 1. The summed E-state index contributed by atoms with van der Waals surface area (Å²) in [6, 6.07) is 18.3. The molecule has 2 heterocycles. The van der Waals surface area contributed by atoms with Gasteiger partial charge in [-0.15, -0.1) is 0 Å². The average Bonchev–Trinajstić information content (AvgIpc) is 3.07. The van der Waals surface area contributed by atoms with Crippen molar-refractivity contribution < 1.29 is 0 Å². The lowest BCUT2D eigenvalue weighted by atomic mass is 10.1. The Labute approximate surface area is 161 Å². The highest BCUT2D eigenvalue weighted by molar-refractivity contribution is 7.98. The van der Waals surface area contributed by atoms with Crippen LogP contribution in [0.3, 0.4) is 0 Å². The molecular formula is C21H17N5S. The molecule has 0 aliphatic carbocycles. The fourth-order valence-electron chi connectivity index (χ4n) is 2.91. The maximum absolute atomic E-state index is 9.63. The number of nitrogens with zero attached hydrogens (tertiary/aromatic N) is 5. The molecule has 4 rings (SSSR count). The molecule has 4 aromatic rings. The van der Waals surface area contributed by atoms with Crippen LogP contribution < -0.4 is 0 Å². The molecule has 0 fully saturated rings. The van der Waals surface area contributed by atoms with Crippen molar-refractivity contribution in [1.82, 2.24) is 19.5 Å². The quantitative estimate of drug-likeness (QED) is 0.489. The smallest absolute Gasteiger partial charge is 0.174 e. The summed E-state index contributed by atoms with van der Waals surface area (Å²) in [5, 5.41) is 10.4. The molecule has 0 saturated heterocycles. The largest absolute Gasteiger partial charge is 0.272 e. The van der Waals surface area contributed by atoms with E-state index in [9.17, 15) is 5.26 Å². The van der Waals surface area contributed by atoms with E-state index in [1.807, 2.05) is 54.1 Å². The number of imidazole rings is 1. The van der Waals surface area contributed by atoms with Crippen molar-refractivity contribution in [2.24, 2.45) is 0 Å². The molecule has 6 heteroatoms. The number of rotatable bonds is 3. The number of thioether (sulfide) groups is 1. The molecule has 0 radical (unpaired) electrons. The molecule has 2 aromatic carbocycles. The number of benzene rings is 2. The first-order valence-electron chi connectivity index (χ1n) is 8.49. The van der Waals surface area contributed by atoms with Gasteiger partial charge in [-0.1, -0.05) is 59.3 Å². The van der Waals surface area contributed by atoms with Crippen LogP contribution in [0.5, 0.6) is 0 Å². The third kappa shape index (κ3) is 3.07. The van der Waals surface area contributed by atoms with Crippen molar-refractivity contribution in [3.63, 3.8) is 0 Å². The molecule has 0 atom stereocenters. The minimum absolute atomic E-state index is 0.289. The summed E-state index contributed by atoms with van der Waals surface area (Å²) in [5.41, 5.74) is 5.64. The molecule has 27 heavy (non-hydrogen) atoms. The molecule has 0 unspecified atom stereocenters. The van der Waals surface area contributed by atoms with Crippen LogP contribution >= 0.6 is 11.8 Å². The predicted molar refractivity (Wildman–Crippen MR) is 108 cm³/mol. The van der Waals surface area contributed by atoms with E-state index in [0.717, 1.165) is 22.0 Å².